The van der Waals surface area contributed by atoms with Crippen molar-refractivity contribution in [2.75, 3.05) is 6.54 Å². The zero-order chi connectivity index (χ0) is 18.9. The maximum Gasteiger partial charge on any atom is 0.243 e. The highest BCUT2D eigenvalue weighted by atomic mass is 32.2. The van der Waals surface area contributed by atoms with Gasteiger partial charge in [-0.05, 0) is 30.7 Å². The van der Waals surface area contributed by atoms with Gasteiger partial charge in [0.15, 0.2) is 0 Å². The van der Waals surface area contributed by atoms with E-state index in [4.69, 9.17) is 4.42 Å². The SMILES string of the molecule is Cc1ccc(S(=O)(=O)N2Cc3ccoc3C(/C=C/c3ccccc3)C2)cc1. The van der Waals surface area contributed by atoms with Gasteiger partial charge in [0.05, 0.1) is 11.2 Å². The van der Waals surface area contributed by atoms with Gasteiger partial charge in [-0.3, -0.25) is 0 Å². The minimum absolute atomic E-state index is 0.121. The molecular formula is C22H21NO3S. The number of rotatable bonds is 4. The lowest BCUT2D eigenvalue weighted by Gasteiger charge is -2.30. The molecule has 1 atom stereocenters. The van der Waals surface area contributed by atoms with Crippen LogP contribution in [-0.4, -0.2) is 19.3 Å². The molecule has 0 N–H and O–H groups in total. The number of hydrogen-bond acceptors (Lipinski definition) is 3. The first-order chi connectivity index (χ1) is 13.0. The molecule has 138 valence electrons. The summed E-state index contributed by atoms with van der Waals surface area (Å²) in [6, 6.07) is 18.8. The number of sulfonamides is 1. The summed E-state index contributed by atoms with van der Waals surface area (Å²) in [6.07, 6.45) is 5.67. The molecule has 1 aliphatic rings. The zero-order valence-electron chi connectivity index (χ0n) is 15.1. The van der Waals surface area contributed by atoms with Gasteiger partial charge in [-0.25, -0.2) is 8.42 Å². The fourth-order valence-electron chi connectivity index (χ4n) is 3.34. The third-order valence-electron chi connectivity index (χ3n) is 4.84. The monoisotopic (exact) mass is 379 g/mol. The fourth-order valence-corrected chi connectivity index (χ4v) is 4.79. The molecule has 0 saturated carbocycles. The molecule has 0 amide bonds. The number of nitrogens with zero attached hydrogens (tertiary/aromatic N) is 1. The smallest absolute Gasteiger partial charge is 0.243 e. The Morgan fingerprint density at radius 1 is 1.04 bits per heavy atom. The van der Waals surface area contributed by atoms with Gasteiger partial charge in [0.25, 0.3) is 0 Å². The van der Waals surface area contributed by atoms with Gasteiger partial charge in [0, 0.05) is 24.6 Å². The zero-order valence-corrected chi connectivity index (χ0v) is 15.9. The predicted octanol–water partition coefficient (Wildman–Crippen LogP) is 4.59. The lowest BCUT2D eigenvalue weighted by Crippen LogP contribution is -2.37. The van der Waals surface area contributed by atoms with Crippen molar-refractivity contribution in [3.05, 3.63) is 95.5 Å². The Balaban J connectivity index is 1.65. The minimum atomic E-state index is -3.56. The Morgan fingerprint density at radius 3 is 2.52 bits per heavy atom. The largest absolute Gasteiger partial charge is 0.468 e. The van der Waals surface area contributed by atoms with E-state index in [0.717, 1.165) is 22.5 Å². The van der Waals surface area contributed by atoms with Crippen LogP contribution in [0.15, 0.2) is 82.3 Å². The van der Waals surface area contributed by atoms with Crippen LogP contribution in [0.25, 0.3) is 6.08 Å². The van der Waals surface area contributed by atoms with E-state index in [0.29, 0.717) is 18.0 Å². The van der Waals surface area contributed by atoms with E-state index in [1.54, 1.807) is 18.4 Å². The molecule has 3 aromatic rings. The van der Waals surface area contributed by atoms with E-state index in [1.807, 2.05) is 67.6 Å². The van der Waals surface area contributed by atoms with E-state index in [-0.39, 0.29) is 5.92 Å². The maximum atomic E-state index is 13.1. The van der Waals surface area contributed by atoms with Crippen molar-refractivity contribution in [2.45, 2.75) is 24.3 Å². The molecule has 0 spiro atoms. The van der Waals surface area contributed by atoms with Crippen molar-refractivity contribution in [1.29, 1.82) is 0 Å². The van der Waals surface area contributed by atoms with Gasteiger partial charge in [0.1, 0.15) is 5.76 Å². The predicted molar refractivity (Wildman–Crippen MR) is 106 cm³/mol. The summed E-state index contributed by atoms with van der Waals surface area (Å²) in [4.78, 5) is 0.325. The molecule has 4 rings (SSSR count). The maximum absolute atomic E-state index is 13.1. The van der Waals surface area contributed by atoms with Crippen molar-refractivity contribution in [3.8, 4) is 0 Å². The van der Waals surface area contributed by atoms with Crippen LogP contribution in [0, 0.1) is 6.92 Å². The van der Waals surface area contributed by atoms with Crippen molar-refractivity contribution < 1.29 is 12.8 Å². The summed E-state index contributed by atoms with van der Waals surface area (Å²) < 4.78 is 33.4. The number of hydrogen-bond donors (Lipinski definition) is 0. The number of aryl methyl sites for hydroxylation is 1. The highest BCUT2D eigenvalue weighted by Crippen LogP contribution is 2.33. The van der Waals surface area contributed by atoms with Crippen LogP contribution in [-0.2, 0) is 16.6 Å². The van der Waals surface area contributed by atoms with Crippen LogP contribution in [0.4, 0.5) is 0 Å². The summed E-state index contributed by atoms with van der Waals surface area (Å²) in [6.45, 7) is 2.64. The first kappa shape index (κ1) is 17.8. The lowest BCUT2D eigenvalue weighted by atomic mass is 9.97. The third kappa shape index (κ3) is 3.61. The first-order valence-electron chi connectivity index (χ1n) is 8.90. The summed E-state index contributed by atoms with van der Waals surface area (Å²) in [5.41, 5.74) is 3.03. The molecule has 1 aromatic heterocycles. The summed E-state index contributed by atoms with van der Waals surface area (Å²) >= 11 is 0. The Morgan fingerprint density at radius 2 is 1.78 bits per heavy atom. The fraction of sp³-hybridized carbons (Fsp3) is 0.182. The van der Waals surface area contributed by atoms with Crippen LogP contribution in [0.5, 0.6) is 0 Å². The van der Waals surface area contributed by atoms with E-state index in [9.17, 15) is 8.42 Å². The molecule has 0 fully saturated rings. The van der Waals surface area contributed by atoms with Crippen LogP contribution in [0.2, 0.25) is 0 Å². The summed E-state index contributed by atoms with van der Waals surface area (Å²) in [5.74, 6) is 0.724. The average Bonchev–Trinajstić information content (AvgIpc) is 3.16. The highest BCUT2D eigenvalue weighted by molar-refractivity contribution is 7.89. The minimum Gasteiger partial charge on any atom is -0.468 e. The van der Waals surface area contributed by atoms with E-state index in [1.165, 1.54) is 4.31 Å². The Hall–Kier alpha value is -2.63. The van der Waals surface area contributed by atoms with Crippen LogP contribution < -0.4 is 0 Å². The normalized spacial score (nSPS) is 17.9. The average molecular weight is 379 g/mol. The second-order valence-electron chi connectivity index (χ2n) is 6.80. The third-order valence-corrected chi connectivity index (χ3v) is 6.67. The van der Waals surface area contributed by atoms with Crippen molar-refractivity contribution in [3.63, 3.8) is 0 Å². The lowest BCUT2D eigenvalue weighted by molar-refractivity contribution is 0.342. The number of fused-ring (bicyclic) bond motifs is 1. The quantitative estimate of drug-likeness (QED) is 0.666. The first-order valence-corrected chi connectivity index (χ1v) is 10.3. The molecule has 0 saturated heterocycles. The molecule has 5 heteroatoms. The highest BCUT2D eigenvalue weighted by Gasteiger charge is 2.34. The molecule has 0 aliphatic carbocycles. The summed E-state index contributed by atoms with van der Waals surface area (Å²) in [7, 11) is -3.56. The molecule has 0 bridgehead atoms. The van der Waals surface area contributed by atoms with E-state index in [2.05, 4.69) is 0 Å². The molecule has 1 unspecified atom stereocenters. The molecule has 4 nitrogen and oxygen atoms in total. The van der Waals surface area contributed by atoms with E-state index < -0.39 is 10.0 Å². The van der Waals surface area contributed by atoms with Crippen LogP contribution in [0.3, 0.4) is 0 Å². The molecule has 2 heterocycles. The molecule has 0 radical (unpaired) electrons. The van der Waals surface area contributed by atoms with E-state index >= 15 is 0 Å². The second kappa shape index (κ2) is 7.18. The number of benzene rings is 2. The van der Waals surface area contributed by atoms with Crippen molar-refractivity contribution >= 4 is 16.1 Å². The molecule has 1 aliphatic heterocycles. The summed E-state index contributed by atoms with van der Waals surface area (Å²) in [5, 5.41) is 0. The van der Waals surface area contributed by atoms with Gasteiger partial charge >= 0.3 is 0 Å². The van der Waals surface area contributed by atoms with Gasteiger partial charge in [0.2, 0.25) is 10.0 Å². The van der Waals surface area contributed by atoms with Gasteiger partial charge in [-0.2, -0.15) is 4.31 Å². The molecule has 2 aromatic carbocycles. The Labute approximate surface area is 159 Å². The van der Waals surface area contributed by atoms with Crippen LogP contribution >= 0.6 is 0 Å². The Bertz CT molecular complexity index is 1050. The van der Waals surface area contributed by atoms with Crippen molar-refractivity contribution in [2.24, 2.45) is 0 Å². The van der Waals surface area contributed by atoms with Crippen molar-refractivity contribution in [1.82, 2.24) is 4.31 Å². The standard InChI is InChI=1S/C22H21NO3S/c1-17-7-11-21(12-8-17)27(24,25)23-15-19(22-20(16-23)13-14-26-22)10-9-18-5-3-2-4-6-18/h2-14,19H,15-16H2,1H3/b10-9+. The van der Waals surface area contributed by atoms with Gasteiger partial charge in [-0.15, -0.1) is 0 Å². The van der Waals surface area contributed by atoms with Crippen LogP contribution in [0.1, 0.15) is 28.4 Å². The number of furan rings is 1. The topological polar surface area (TPSA) is 50.5 Å². The second-order valence-corrected chi connectivity index (χ2v) is 8.73. The van der Waals surface area contributed by atoms with Gasteiger partial charge < -0.3 is 4.42 Å². The Kier molecular flexibility index (Phi) is 4.72. The van der Waals surface area contributed by atoms with Gasteiger partial charge in [-0.1, -0.05) is 60.2 Å². The molecular weight excluding hydrogens is 358 g/mol. The molecule has 27 heavy (non-hydrogen) atoms.